The van der Waals surface area contributed by atoms with Gasteiger partial charge in [-0.05, 0) is 48.9 Å². The highest BCUT2D eigenvalue weighted by atomic mass is 16.3. The van der Waals surface area contributed by atoms with E-state index >= 15 is 0 Å². The summed E-state index contributed by atoms with van der Waals surface area (Å²) >= 11 is 0. The quantitative estimate of drug-likeness (QED) is 0.0724. The maximum Gasteiger partial charge on any atom is 0.119 e. The first-order valence-electron chi connectivity index (χ1n) is 21.8. The molecule has 0 aliphatic carbocycles. The molecular formula is C47H80O2. The van der Waals surface area contributed by atoms with E-state index in [1.807, 2.05) is 24.3 Å². The number of phenolic OH excluding ortho intramolecular Hbond substituents is 2. The van der Waals surface area contributed by atoms with Crippen molar-refractivity contribution in [3.63, 3.8) is 0 Å². The summed E-state index contributed by atoms with van der Waals surface area (Å²) < 4.78 is 0. The van der Waals surface area contributed by atoms with Gasteiger partial charge in [0.05, 0.1) is 0 Å². The van der Waals surface area contributed by atoms with Gasteiger partial charge in [0.2, 0.25) is 0 Å². The Kier molecular flexibility index (Phi) is 27.2. The Balaban J connectivity index is 1.61. The van der Waals surface area contributed by atoms with Crippen LogP contribution in [0.4, 0.5) is 0 Å². The Morgan fingerprint density at radius 3 is 0.837 bits per heavy atom. The first kappa shape index (κ1) is 43.2. The molecule has 0 saturated carbocycles. The van der Waals surface area contributed by atoms with Crippen LogP contribution in [0, 0.1) is 0 Å². The first-order chi connectivity index (χ1) is 24.2. The molecule has 2 N–H and O–H groups in total. The Morgan fingerprint density at radius 1 is 0.327 bits per heavy atom. The number of hydrogen-bond acceptors (Lipinski definition) is 2. The molecule has 0 atom stereocenters. The van der Waals surface area contributed by atoms with Crippen molar-refractivity contribution in [2.75, 3.05) is 0 Å². The molecule has 0 fully saturated rings. The summed E-state index contributed by atoms with van der Waals surface area (Å²) in [7, 11) is 0. The zero-order valence-corrected chi connectivity index (χ0v) is 32.7. The zero-order valence-electron chi connectivity index (χ0n) is 32.7. The third-order valence-corrected chi connectivity index (χ3v) is 10.9. The molecule has 2 aromatic carbocycles. The molecule has 0 aliphatic rings. The summed E-state index contributed by atoms with van der Waals surface area (Å²) in [6, 6.07) is 12.0. The van der Waals surface area contributed by atoms with Crippen molar-refractivity contribution in [3.05, 3.63) is 58.7 Å². The first-order valence-corrected chi connectivity index (χ1v) is 21.8. The highest BCUT2D eigenvalue weighted by molar-refractivity contribution is 5.48. The SMILES string of the molecule is CCCCCCCCCCCCCCCCCc1cccc(O)c1Cc1c(O)cccc1CCCCCCCCCCCCCCCCC. The Morgan fingerprint density at radius 2 is 0.571 bits per heavy atom. The number of phenols is 2. The number of benzene rings is 2. The molecule has 0 aliphatic heterocycles. The molecule has 49 heavy (non-hydrogen) atoms. The fourth-order valence-electron chi connectivity index (χ4n) is 7.67. The van der Waals surface area contributed by atoms with E-state index in [2.05, 4.69) is 26.0 Å². The second-order valence-electron chi connectivity index (χ2n) is 15.4. The van der Waals surface area contributed by atoms with E-state index in [0.29, 0.717) is 17.9 Å². The highest BCUT2D eigenvalue weighted by Gasteiger charge is 2.14. The molecular weight excluding hydrogens is 597 g/mol. The van der Waals surface area contributed by atoms with E-state index in [1.54, 1.807) is 0 Å². The fourth-order valence-corrected chi connectivity index (χ4v) is 7.67. The molecule has 0 bridgehead atoms. The predicted molar refractivity (Wildman–Crippen MR) is 216 cm³/mol. The van der Waals surface area contributed by atoms with Gasteiger partial charge < -0.3 is 10.2 Å². The maximum absolute atomic E-state index is 10.9. The van der Waals surface area contributed by atoms with Crippen LogP contribution in [0.3, 0.4) is 0 Å². The number of rotatable bonds is 34. The van der Waals surface area contributed by atoms with Crippen LogP contribution in [0.2, 0.25) is 0 Å². The molecule has 0 amide bonds. The van der Waals surface area contributed by atoms with Gasteiger partial charge in [0.1, 0.15) is 11.5 Å². The Labute approximate surface area is 305 Å². The molecule has 0 saturated heterocycles. The molecule has 0 spiro atoms. The van der Waals surface area contributed by atoms with Crippen molar-refractivity contribution in [2.45, 2.75) is 226 Å². The average Bonchev–Trinajstić information content (AvgIpc) is 3.10. The molecule has 2 aromatic rings. The van der Waals surface area contributed by atoms with Crippen LogP contribution >= 0.6 is 0 Å². The lowest BCUT2D eigenvalue weighted by molar-refractivity contribution is 0.460. The standard InChI is InChI=1S/C47H80O2/c1-3-5-7-9-11-13-15-17-19-21-23-25-27-29-31-35-42-37-33-39-46(48)44(42)41-45-43(38-34-40-47(45)49)36-32-30-28-26-24-22-20-18-16-14-12-10-8-6-4-2/h33-34,37-40,48-49H,3-32,35-36,41H2,1-2H3. The van der Waals surface area contributed by atoms with Crippen LogP contribution in [-0.2, 0) is 19.3 Å². The molecule has 0 aromatic heterocycles. The van der Waals surface area contributed by atoms with E-state index in [1.165, 1.54) is 204 Å². The van der Waals surface area contributed by atoms with Gasteiger partial charge in [-0.3, -0.25) is 0 Å². The zero-order chi connectivity index (χ0) is 35.0. The normalized spacial score (nSPS) is 11.5. The van der Waals surface area contributed by atoms with E-state index < -0.39 is 0 Å². The van der Waals surface area contributed by atoms with E-state index in [9.17, 15) is 10.2 Å². The van der Waals surface area contributed by atoms with Gasteiger partial charge in [-0.25, -0.2) is 0 Å². The third-order valence-electron chi connectivity index (χ3n) is 10.9. The Bertz CT molecular complexity index is 945. The van der Waals surface area contributed by atoms with E-state index in [4.69, 9.17) is 0 Å². The van der Waals surface area contributed by atoms with Crippen LogP contribution in [0.25, 0.3) is 0 Å². The van der Waals surface area contributed by atoms with Crippen LogP contribution < -0.4 is 0 Å². The van der Waals surface area contributed by atoms with Crippen LogP contribution in [-0.4, -0.2) is 10.2 Å². The van der Waals surface area contributed by atoms with E-state index in [0.717, 1.165) is 24.0 Å². The summed E-state index contributed by atoms with van der Waals surface area (Å²) in [4.78, 5) is 0. The lowest BCUT2D eigenvalue weighted by Gasteiger charge is -2.16. The number of hydrogen-bond donors (Lipinski definition) is 2. The third kappa shape index (κ3) is 21.8. The van der Waals surface area contributed by atoms with Gasteiger partial charge in [0.15, 0.2) is 0 Å². The summed E-state index contributed by atoms with van der Waals surface area (Å²) in [5.41, 5.74) is 4.51. The molecule has 280 valence electrons. The van der Waals surface area contributed by atoms with Gasteiger partial charge in [0, 0.05) is 17.5 Å². The minimum absolute atomic E-state index is 0.375. The second-order valence-corrected chi connectivity index (χ2v) is 15.4. The number of unbranched alkanes of at least 4 members (excludes halogenated alkanes) is 28. The predicted octanol–water partition coefficient (Wildman–Crippen LogP) is 15.5. The molecule has 2 rings (SSSR count). The minimum Gasteiger partial charge on any atom is -0.508 e. The van der Waals surface area contributed by atoms with Crippen molar-refractivity contribution in [1.82, 2.24) is 0 Å². The molecule has 0 unspecified atom stereocenters. The summed E-state index contributed by atoms with van der Waals surface area (Å²) in [5, 5.41) is 21.8. The van der Waals surface area contributed by atoms with Gasteiger partial charge in [0.25, 0.3) is 0 Å². The summed E-state index contributed by atoms with van der Waals surface area (Å²) in [6.45, 7) is 4.59. The number of aryl methyl sites for hydroxylation is 2. The fraction of sp³-hybridized carbons (Fsp3) is 0.745. The van der Waals surface area contributed by atoms with E-state index in [-0.39, 0.29) is 0 Å². The minimum atomic E-state index is 0.375. The largest absolute Gasteiger partial charge is 0.508 e. The maximum atomic E-state index is 10.9. The van der Waals surface area contributed by atoms with Crippen molar-refractivity contribution >= 4 is 0 Å². The molecule has 0 radical (unpaired) electrons. The van der Waals surface area contributed by atoms with Crippen molar-refractivity contribution < 1.29 is 10.2 Å². The van der Waals surface area contributed by atoms with Crippen LogP contribution in [0.1, 0.15) is 229 Å². The van der Waals surface area contributed by atoms with Crippen molar-refractivity contribution in [1.29, 1.82) is 0 Å². The smallest absolute Gasteiger partial charge is 0.119 e. The second kappa shape index (κ2) is 30.8. The lowest BCUT2D eigenvalue weighted by atomic mass is 9.91. The molecule has 0 heterocycles. The van der Waals surface area contributed by atoms with Crippen molar-refractivity contribution in [3.8, 4) is 11.5 Å². The van der Waals surface area contributed by atoms with Crippen molar-refractivity contribution in [2.24, 2.45) is 0 Å². The van der Waals surface area contributed by atoms with Crippen LogP contribution in [0.5, 0.6) is 11.5 Å². The molecule has 2 nitrogen and oxygen atoms in total. The average molecular weight is 677 g/mol. The molecule has 2 heteroatoms. The van der Waals surface area contributed by atoms with Gasteiger partial charge >= 0.3 is 0 Å². The van der Waals surface area contributed by atoms with Crippen LogP contribution in [0.15, 0.2) is 36.4 Å². The summed E-state index contributed by atoms with van der Waals surface area (Å²) in [5.74, 6) is 0.749. The summed E-state index contributed by atoms with van der Waals surface area (Å²) in [6.07, 6.45) is 43.9. The Hall–Kier alpha value is -1.96. The lowest BCUT2D eigenvalue weighted by Crippen LogP contribution is -2.01. The monoisotopic (exact) mass is 677 g/mol. The van der Waals surface area contributed by atoms with Gasteiger partial charge in [-0.1, -0.05) is 218 Å². The van der Waals surface area contributed by atoms with Gasteiger partial charge in [-0.2, -0.15) is 0 Å². The number of aromatic hydroxyl groups is 2. The highest BCUT2D eigenvalue weighted by Crippen LogP contribution is 2.32. The topological polar surface area (TPSA) is 40.5 Å². The van der Waals surface area contributed by atoms with Gasteiger partial charge in [-0.15, -0.1) is 0 Å².